The van der Waals surface area contributed by atoms with E-state index in [1.54, 1.807) is 17.2 Å². The van der Waals surface area contributed by atoms with Crippen molar-refractivity contribution in [3.05, 3.63) is 18.0 Å². The molecule has 0 aliphatic carbocycles. The highest BCUT2D eigenvalue weighted by molar-refractivity contribution is 5.74. The van der Waals surface area contributed by atoms with Gasteiger partial charge in [-0.1, -0.05) is 5.16 Å². The quantitative estimate of drug-likeness (QED) is 0.823. The summed E-state index contributed by atoms with van der Waals surface area (Å²) in [5.74, 6) is 0.656. The molecule has 0 aliphatic rings. The van der Waals surface area contributed by atoms with E-state index in [0.29, 0.717) is 18.8 Å². The molecule has 1 N–H and O–H groups in total. The van der Waals surface area contributed by atoms with Gasteiger partial charge in [-0.3, -0.25) is 0 Å². The summed E-state index contributed by atoms with van der Waals surface area (Å²) >= 11 is 0. The first-order chi connectivity index (χ1) is 7.15. The number of rotatable bonds is 4. The molecule has 1 heterocycles. The summed E-state index contributed by atoms with van der Waals surface area (Å²) in [7, 11) is 0. The molecule has 0 aromatic carbocycles. The third kappa shape index (κ3) is 3.27. The number of carbonyl (C=O) groups is 1. The fourth-order valence-electron chi connectivity index (χ4n) is 1.34. The number of urea groups is 1. The Morgan fingerprint density at radius 3 is 2.87 bits per heavy atom. The fourth-order valence-corrected chi connectivity index (χ4v) is 1.34. The van der Waals surface area contributed by atoms with Crippen LogP contribution in [0.3, 0.4) is 0 Å². The maximum atomic E-state index is 11.7. The molecule has 0 bridgehead atoms. The molecule has 1 aromatic rings. The minimum atomic E-state index is -0.0797. The van der Waals surface area contributed by atoms with E-state index in [1.807, 2.05) is 20.8 Å². The number of aromatic nitrogens is 1. The highest BCUT2D eigenvalue weighted by Crippen LogP contribution is 2.00. The molecule has 0 saturated carbocycles. The maximum absolute atomic E-state index is 11.7. The molecule has 0 spiro atoms. The van der Waals surface area contributed by atoms with Gasteiger partial charge in [0.05, 0.1) is 12.7 Å². The van der Waals surface area contributed by atoms with E-state index in [1.165, 1.54) is 0 Å². The van der Waals surface area contributed by atoms with Crippen LogP contribution in [-0.2, 0) is 6.54 Å². The second kappa shape index (κ2) is 5.38. The van der Waals surface area contributed by atoms with E-state index in [9.17, 15) is 4.79 Å². The predicted octanol–water partition coefficient (Wildman–Crippen LogP) is 1.61. The summed E-state index contributed by atoms with van der Waals surface area (Å²) in [5.41, 5.74) is 0. The highest BCUT2D eigenvalue weighted by Gasteiger charge is 2.14. The zero-order chi connectivity index (χ0) is 11.3. The summed E-state index contributed by atoms with van der Waals surface area (Å²) in [6, 6.07) is 1.85. The summed E-state index contributed by atoms with van der Waals surface area (Å²) < 4.78 is 4.87. The van der Waals surface area contributed by atoms with Gasteiger partial charge in [-0.25, -0.2) is 4.79 Å². The molecule has 0 aliphatic heterocycles. The van der Waals surface area contributed by atoms with Crippen LogP contribution in [0, 0.1) is 0 Å². The van der Waals surface area contributed by atoms with Gasteiger partial charge in [-0.05, 0) is 20.8 Å². The minimum absolute atomic E-state index is 0.0797. The molecular formula is C10H17N3O2. The number of amides is 2. The largest absolute Gasteiger partial charge is 0.360 e. The van der Waals surface area contributed by atoms with E-state index >= 15 is 0 Å². The molecule has 0 fully saturated rings. The SMILES string of the molecule is CCN(C(=O)NCc1ccno1)C(C)C. The van der Waals surface area contributed by atoms with Gasteiger partial charge in [0.1, 0.15) is 0 Å². The molecule has 5 nitrogen and oxygen atoms in total. The van der Waals surface area contributed by atoms with E-state index in [0.717, 1.165) is 0 Å². The van der Waals surface area contributed by atoms with Crippen molar-refractivity contribution in [1.82, 2.24) is 15.4 Å². The van der Waals surface area contributed by atoms with Crippen LogP contribution < -0.4 is 5.32 Å². The maximum Gasteiger partial charge on any atom is 0.317 e. The Kier molecular flexibility index (Phi) is 4.15. The monoisotopic (exact) mass is 211 g/mol. The molecule has 2 amide bonds. The number of hydrogen-bond acceptors (Lipinski definition) is 3. The number of carbonyl (C=O) groups excluding carboxylic acids is 1. The first-order valence-electron chi connectivity index (χ1n) is 5.09. The molecule has 0 atom stereocenters. The summed E-state index contributed by atoms with van der Waals surface area (Å²) in [4.78, 5) is 13.4. The van der Waals surface area contributed by atoms with Gasteiger partial charge in [0.25, 0.3) is 0 Å². The Morgan fingerprint density at radius 2 is 2.40 bits per heavy atom. The summed E-state index contributed by atoms with van der Waals surface area (Å²) in [6.07, 6.45) is 1.56. The molecular weight excluding hydrogens is 194 g/mol. The van der Waals surface area contributed by atoms with Crippen LogP contribution in [0.25, 0.3) is 0 Å². The molecule has 0 unspecified atom stereocenters. The Labute approximate surface area is 89.4 Å². The first-order valence-corrected chi connectivity index (χ1v) is 5.09. The summed E-state index contributed by atoms with van der Waals surface area (Å²) in [5, 5.41) is 6.33. The second-order valence-electron chi connectivity index (χ2n) is 3.52. The van der Waals surface area contributed by atoms with E-state index in [4.69, 9.17) is 4.52 Å². The third-order valence-corrected chi connectivity index (χ3v) is 2.13. The Balaban J connectivity index is 2.41. The van der Waals surface area contributed by atoms with Crippen LogP contribution in [0.2, 0.25) is 0 Å². The van der Waals surface area contributed by atoms with Gasteiger partial charge in [0.2, 0.25) is 0 Å². The van der Waals surface area contributed by atoms with Crippen LogP contribution in [0.1, 0.15) is 26.5 Å². The number of nitrogens with zero attached hydrogens (tertiary/aromatic N) is 2. The Bertz CT molecular complexity index is 296. The third-order valence-electron chi connectivity index (χ3n) is 2.13. The average molecular weight is 211 g/mol. The molecule has 0 radical (unpaired) electrons. The van der Waals surface area contributed by atoms with Crippen molar-refractivity contribution in [3.8, 4) is 0 Å². The van der Waals surface area contributed by atoms with Crippen molar-refractivity contribution in [2.75, 3.05) is 6.54 Å². The molecule has 0 saturated heterocycles. The Morgan fingerprint density at radius 1 is 1.67 bits per heavy atom. The van der Waals surface area contributed by atoms with Crippen LogP contribution in [0.5, 0.6) is 0 Å². The minimum Gasteiger partial charge on any atom is -0.360 e. The average Bonchev–Trinajstić information content (AvgIpc) is 2.67. The van der Waals surface area contributed by atoms with Crippen LogP contribution in [0.4, 0.5) is 4.79 Å². The van der Waals surface area contributed by atoms with Gasteiger partial charge in [0, 0.05) is 18.7 Å². The van der Waals surface area contributed by atoms with Gasteiger partial charge < -0.3 is 14.7 Å². The van der Waals surface area contributed by atoms with Crippen molar-refractivity contribution in [1.29, 1.82) is 0 Å². The summed E-state index contributed by atoms with van der Waals surface area (Å²) in [6.45, 7) is 6.99. The smallest absolute Gasteiger partial charge is 0.317 e. The molecule has 1 rings (SSSR count). The van der Waals surface area contributed by atoms with Crippen molar-refractivity contribution in [2.24, 2.45) is 0 Å². The zero-order valence-electron chi connectivity index (χ0n) is 9.36. The zero-order valence-corrected chi connectivity index (χ0v) is 9.36. The number of hydrogen-bond donors (Lipinski definition) is 1. The fraction of sp³-hybridized carbons (Fsp3) is 0.600. The normalized spacial score (nSPS) is 10.4. The number of nitrogens with one attached hydrogen (secondary N) is 1. The molecule has 5 heteroatoms. The highest BCUT2D eigenvalue weighted by atomic mass is 16.5. The first kappa shape index (κ1) is 11.6. The predicted molar refractivity (Wildman–Crippen MR) is 56.3 cm³/mol. The van der Waals surface area contributed by atoms with Crippen LogP contribution in [0.15, 0.2) is 16.8 Å². The van der Waals surface area contributed by atoms with Crippen molar-refractivity contribution in [3.63, 3.8) is 0 Å². The van der Waals surface area contributed by atoms with Gasteiger partial charge in [0.15, 0.2) is 5.76 Å². The van der Waals surface area contributed by atoms with Crippen LogP contribution in [-0.4, -0.2) is 28.7 Å². The van der Waals surface area contributed by atoms with E-state index in [-0.39, 0.29) is 12.1 Å². The van der Waals surface area contributed by atoms with Gasteiger partial charge >= 0.3 is 6.03 Å². The lowest BCUT2D eigenvalue weighted by molar-refractivity contribution is 0.185. The molecule has 84 valence electrons. The molecule has 15 heavy (non-hydrogen) atoms. The lowest BCUT2D eigenvalue weighted by Crippen LogP contribution is -2.43. The lowest BCUT2D eigenvalue weighted by atomic mass is 10.3. The second-order valence-corrected chi connectivity index (χ2v) is 3.52. The van der Waals surface area contributed by atoms with Crippen LogP contribution >= 0.6 is 0 Å². The Hall–Kier alpha value is -1.52. The van der Waals surface area contributed by atoms with Gasteiger partial charge in [-0.15, -0.1) is 0 Å². The van der Waals surface area contributed by atoms with Crippen molar-refractivity contribution in [2.45, 2.75) is 33.4 Å². The lowest BCUT2D eigenvalue weighted by Gasteiger charge is -2.24. The van der Waals surface area contributed by atoms with Gasteiger partial charge in [-0.2, -0.15) is 0 Å². The van der Waals surface area contributed by atoms with E-state index in [2.05, 4.69) is 10.5 Å². The van der Waals surface area contributed by atoms with E-state index < -0.39 is 0 Å². The van der Waals surface area contributed by atoms with Crippen molar-refractivity contribution >= 4 is 6.03 Å². The standard InChI is InChI=1S/C10H17N3O2/c1-4-13(8(2)3)10(14)11-7-9-5-6-12-15-9/h5-6,8H,4,7H2,1-3H3,(H,11,14). The molecule has 1 aromatic heterocycles. The topological polar surface area (TPSA) is 58.4 Å². The van der Waals surface area contributed by atoms with Crippen molar-refractivity contribution < 1.29 is 9.32 Å².